The van der Waals surface area contributed by atoms with Gasteiger partial charge in [-0.15, -0.1) is 0 Å². The lowest BCUT2D eigenvalue weighted by Gasteiger charge is -2.09. The van der Waals surface area contributed by atoms with Crippen molar-refractivity contribution in [3.63, 3.8) is 0 Å². The normalized spacial score (nSPS) is 13.3. The van der Waals surface area contributed by atoms with Gasteiger partial charge in [-0.1, -0.05) is 23.7 Å². The Labute approximate surface area is 170 Å². The van der Waals surface area contributed by atoms with Crippen LogP contribution in [-0.2, 0) is 17.6 Å². The number of amides is 1. The largest absolute Gasteiger partial charge is 0.492 e. The van der Waals surface area contributed by atoms with Gasteiger partial charge in [-0.2, -0.15) is 0 Å². The summed E-state index contributed by atoms with van der Waals surface area (Å²) in [5.74, 6) is 0.562. The number of hydrogen-bond donors (Lipinski definition) is 2. The average molecular weight is 401 g/mol. The zero-order valence-electron chi connectivity index (χ0n) is 15.8. The number of halogens is 1. The van der Waals surface area contributed by atoms with Gasteiger partial charge >= 0.3 is 0 Å². The molecule has 0 saturated heterocycles. The summed E-state index contributed by atoms with van der Waals surface area (Å²) in [4.78, 5) is 24.4. The Morgan fingerprint density at radius 3 is 2.54 bits per heavy atom. The fraction of sp³-hybridized carbons (Fsp3) is 0.364. The molecule has 0 unspecified atom stereocenters. The first-order chi connectivity index (χ1) is 13.6. The molecule has 5 nitrogen and oxygen atoms in total. The second-order valence-electron chi connectivity index (χ2n) is 6.81. The molecule has 1 aliphatic heterocycles. The molecule has 0 saturated carbocycles. The summed E-state index contributed by atoms with van der Waals surface area (Å²) in [6.45, 7) is 2.66. The Morgan fingerprint density at radius 1 is 1.00 bits per heavy atom. The van der Waals surface area contributed by atoms with Crippen molar-refractivity contribution < 1.29 is 14.3 Å². The number of ether oxygens (including phenoxy) is 1. The van der Waals surface area contributed by atoms with Gasteiger partial charge in [0, 0.05) is 23.4 Å². The molecule has 0 spiro atoms. The smallest absolute Gasteiger partial charge is 0.220 e. The number of benzene rings is 2. The van der Waals surface area contributed by atoms with E-state index in [0.717, 1.165) is 25.9 Å². The van der Waals surface area contributed by atoms with Gasteiger partial charge < -0.3 is 15.4 Å². The third kappa shape index (κ3) is 6.08. The van der Waals surface area contributed by atoms with Crippen LogP contribution < -0.4 is 15.4 Å². The fourth-order valence-electron chi connectivity index (χ4n) is 3.20. The molecule has 0 fully saturated rings. The number of ketones is 1. The highest BCUT2D eigenvalue weighted by Crippen LogP contribution is 2.17. The van der Waals surface area contributed by atoms with Crippen LogP contribution in [0, 0.1) is 0 Å². The Balaban J connectivity index is 1.38. The standard InChI is InChI=1S/C22H25ClN2O3/c23-19-3-5-20(6-4-19)28-14-13-25-22(27)8-7-21(26)18-2-1-16-9-11-24-12-10-17(16)15-18/h1-6,15,24H,7-14H2,(H,25,27). The van der Waals surface area contributed by atoms with Crippen molar-refractivity contribution >= 4 is 23.3 Å². The number of hydrogen-bond acceptors (Lipinski definition) is 4. The first kappa shape index (κ1) is 20.4. The minimum absolute atomic E-state index is 0.00701. The summed E-state index contributed by atoms with van der Waals surface area (Å²) >= 11 is 5.82. The fourth-order valence-corrected chi connectivity index (χ4v) is 3.32. The lowest BCUT2D eigenvalue weighted by molar-refractivity contribution is -0.121. The molecule has 1 aliphatic rings. The molecule has 28 heavy (non-hydrogen) atoms. The Bertz CT molecular complexity index is 821. The molecule has 2 aromatic carbocycles. The summed E-state index contributed by atoms with van der Waals surface area (Å²) in [5.41, 5.74) is 3.24. The van der Waals surface area contributed by atoms with Crippen LogP contribution >= 0.6 is 11.6 Å². The number of carbonyl (C=O) groups excluding carboxylic acids is 2. The van der Waals surface area contributed by atoms with Crippen molar-refractivity contribution in [2.45, 2.75) is 25.7 Å². The van der Waals surface area contributed by atoms with E-state index in [0.29, 0.717) is 29.5 Å². The van der Waals surface area contributed by atoms with E-state index in [1.807, 2.05) is 18.2 Å². The van der Waals surface area contributed by atoms with Crippen molar-refractivity contribution in [2.75, 3.05) is 26.2 Å². The van der Waals surface area contributed by atoms with E-state index in [1.54, 1.807) is 24.3 Å². The molecule has 0 aliphatic carbocycles. The molecule has 2 aromatic rings. The van der Waals surface area contributed by atoms with E-state index in [9.17, 15) is 9.59 Å². The third-order valence-electron chi connectivity index (χ3n) is 4.76. The minimum Gasteiger partial charge on any atom is -0.492 e. The van der Waals surface area contributed by atoms with Crippen LogP contribution in [0.1, 0.15) is 34.3 Å². The van der Waals surface area contributed by atoms with Gasteiger partial charge in [0.15, 0.2) is 5.78 Å². The van der Waals surface area contributed by atoms with E-state index in [-0.39, 0.29) is 24.5 Å². The highest BCUT2D eigenvalue weighted by atomic mass is 35.5. The van der Waals surface area contributed by atoms with E-state index in [4.69, 9.17) is 16.3 Å². The highest BCUT2D eigenvalue weighted by Gasteiger charge is 2.13. The monoisotopic (exact) mass is 400 g/mol. The van der Waals surface area contributed by atoms with Crippen LogP contribution in [0.15, 0.2) is 42.5 Å². The molecule has 0 radical (unpaired) electrons. The van der Waals surface area contributed by atoms with Gasteiger partial charge in [-0.3, -0.25) is 9.59 Å². The van der Waals surface area contributed by atoms with Crippen molar-refractivity contribution in [1.82, 2.24) is 10.6 Å². The van der Waals surface area contributed by atoms with Gasteiger partial charge in [-0.05, 0) is 67.4 Å². The van der Waals surface area contributed by atoms with E-state index in [2.05, 4.69) is 10.6 Å². The molecule has 0 aromatic heterocycles. The minimum atomic E-state index is -0.146. The first-order valence-electron chi connectivity index (χ1n) is 9.62. The SMILES string of the molecule is O=C(CCC(=O)c1ccc2c(c1)CCNCC2)NCCOc1ccc(Cl)cc1. The Morgan fingerprint density at radius 2 is 1.75 bits per heavy atom. The molecule has 1 heterocycles. The second-order valence-corrected chi connectivity index (χ2v) is 7.25. The van der Waals surface area contributed by atoms with Crippen LogP contribution in [0.3, 0.4) is 0 Å². The molecule has 3 rings (SSSR count). The molecular weight excluding hydrogens is 376 g/mol. The predicted molar refractivity (Wildman–Crippen MR) is 110 cm³/mol. The van der Waals surface area contributed by atoms with Gasteiger partial charge in [0.2, 0.25) is 5.91 Å². The van der Waals surface area contributed by atoms with Crippen LogP contribution in [0.2, 0.25) is 5.02 Å². The maximum Gasteiger partial charge on any atom is 0.220 e. The summed E-state index contributed by atoms with van der Waals surface area (Å²) in [6, 6.07) is 13.0. The van der Waals surface area contributed by atoms with Crippen LogP contribution in [0.4, 0.5) is 0 Å². The van der Waals surface area contributed by atoms with E-state index >= 15 is 0 Å². The molecule has 1 amide bonds. The number of carbonyl (C=O) groups is 2. The van der Waals surface area contributed by atoms with Crippen LogP contribution in [0.5, 0.6) is 5.75 Å². The van der Waals surface area contributed by atoms with Gasteiger partial charge in [0.1, 0.15) is 12.4 Å². The molecule has 0 bridgehead atoms. The number of Topliss-reactive ketones (excluding diaryl/α,β-unsaturated/α-hetero) is 1. The number of fused-ring (bicyclic) bond motifs is 1. The summed E-state index contributed by atoms with van der Waals surface area (Å²) in [6.07, 6.45) is 2.31. The highest BCUT2D eigenvalue weighted by molar-refractivity contribution is 6.30. The van der Waals surface area contributed by atoms with Crippen molar-refractivity contribution in [3.8, 4) is 5.75 Å². The average Bonchev–Trinajstić information content (AvgIpc) is 2.95. The zero-order valence-corrected chi connectivity index (χ0v) is 16.6. The maximum atomic E-state index is 12.4. The molecule has 0 atom stereocenters. The number of rotatable bonds is 8. The second kappa shape index (κ2) is 10.2. The van der Waals surface area contributed by atoms with Gasteiger partial charge in [0.05, 0.1) is 6.54 Å². The van der Waals surface area contributed by atoms with Crippen LogP contribution in [0.25, 0.3) is 0 Å². The van der Waals surface area contributed by atoms with Gasteiger partial charge in [0.25, 0.3) is 0 Å². The Hall–Kier alpha value is -2.37. The predicted octanol–water partition coefficient (Wildman–Crippen LogP) is 3.19. The third-order valence-corrected chi connectivity index (χ3v) is 5.01. The number of nitrogens with one attached hydrogen (secondary N) is 2. The van der Waals surface area contributed by atoms with Crippen LogP contribution in [-0.4, -0.2) is 37.9 Å². The van der Waals surface area contributed by atoms with Crippen molar-refractivity contribution in [1.29, 1.82) is 0 Å². The lowest BCUT2D eigenvalue weighted by Crippen LogP contribution is -2.28. The summed E-state index contributed by atoms with van der Waals surface area (Å²) < 4.78 is 5.52. The van der Waals surface area contributed by atoms with E-state index < -0.39 is 0 Å². The summed E-state index contributed by atoms with van der Waals surface area (Å²) in [5, 5.41) is 6.79. The zero-order chi connectivity index (χ0) is 19.8. The molecule has 148 valence electrons. The Kier molecular flexibility index (Phi) is 7.46. The maximum absolute atomic E-state index is 12.4. The quantitative estimate of drug-likeness (QED) is 0.527. The van der Waals surface area contributed by atoms with E-state index in [1.165, 1.54) is 11.1 Å². The molecule has 2 N–H and O–H groups in total. The van der Waals surface area contributed by atoms with Crippen molar-refractivity contribution in [3.05, 3.63) is 64.2 Å². The first-order valence-corrected chi connectivity index (χ1v) is 10.0. The molecular formula is C22H25ClN2O3. The van der Waals surface area contributed by atoms with Gasteiger partial charge in [-0.25, -0.2) is 0 Å². The molecule has 6 heteroatoms. The topological polar surface area (TPSA) is 67.4 Å². The summed E-state index contributed by atoms with van der Waals surface area (Å²) in [7, 11) is 0. The van der Waals surface area contributed by atoms with Crippen molar-refractivity contribution in [2.24, 2.45) is 0 Å². The lowest BCUT2D eigenvalue weighted by atomic mass is 9.97.